The number of hydrogen-bond acceptors (Lipinski definition) is 5. The van der Waals surface area contributed by atoms with Gasteiger partial charge in [0.2, 0.25) is 5.91 Å². The number of hydrogen-bond donors (Lipinski definition) is 1. The zero-order valence-corrected chi connectivity index (χ0v) is 16.5. The van der Waals surface area contributed by atoms with Crippen molar-refractivity contribution in [3.05, 3.63) is 55.6 Å². The van der Waals surface area contributed by atoms with Gasteiger partial charge in [-0.1, -0.05) is 11.6 Å². The van der Waals surface area contributed by atoms with Gasteiger partial charge in [-0.3, -0.25) is 4.79 Å². The smallest absolute Gasteiger partial charge is 0.226 e. The third-order valence-corrected chi connectivity index (χ3v) is 6.03. The van der Waals surface area contributed by atoms with Crippen molar-refractivity contribution < 1.29 is 9.53 Å². The Morgan fingerprint density at radius 3 is 3.00 bits per heavy atom. The molecule has 4 rings (SSSR count). The Balaban J connectivity index is 1.38. The van der Waals surface area contributed by atoms with Crippen molar-refractivity contribution in [1.29, 1.82) is 0 Å². The van der Waals surface area contributed by atoms with Crippen LogP contribution in [0.1, 0.15) is 16.3 Å². The molecule has 134 valence electrons. The monoisotopic (exact) mass is 404 g/mol. The Morgan fingerprint density at radius 1 is 1.38 bits per heavy atom. The molecule has 1 amide bonds. The summed E-state index contributed by atoms with van der Waals surface area (Å²) in [7, 11) is 0. The molecular formula is C19H17ClN2O2S2. The van der Waals surface area contributed by atoms with E-state index in [-0.39, 0.29) is 12.0 Å². The zero-order chi connectivity index (χ0) is 18.1. The Labute approximate surface area is 164 Å². The first-order chi connectivity index (χ1) is 12.6. The standard InChI is InChI=1S/C19H17ClN2O2S2/c1-11-22-15(10-26-11)7-18(23)21-8-16-5-14-4-13(12-2-3-25-9-12)6-17(20)19(14)24-16/h2-4,6,9-10,16H,5,7-8H2,1H3,(H,21,23). The molecule has 0 radical (unpaired) electrons. The number of ether oxygens (including phenoxy) is 1. The second-order valence-electron chi connectivity index (χ2n) is 6.24. The lowest BCUT2D eigenvalue weighted by atomic mass is 10.0. The van der Waals surface area contributed by atoms with Gasteiger partial charge in [-0.2, -0.15) is 11.3 Å². The van der Waals surface area contributed by atoms with Crippen LogP contribution in [-0.4, -0.2) is 23.5 Å². The minimum absolute atomic E-state index is 0.0417. The maximum atomic E-state index is 12.1. The molecule has 1 aromatic carbocycles. The van der Waals surface area contributed by atoms with Crippen LogP contribution in [0.25, 0.3) is 11.1 Å². The van der Waals surface area contributed by atoms with Crippen LogP contribution in [0.15, 0.2) is 34.3 Å². The first-order valence-electron chi connectivity index (χ1n) is 8.28. The van der Waals surface area contributed by atoms with E-state index >= 15 is 0 Å². The second-order valence-corrected chi connectivity index (χ2v) is 8.49. The second kappa shape index (κ2) is 7.39. The van der Waals surface area contributed by atoms with Gasteiger partial charge in [-0.25, -0.2) is 4.98 Å². The van der Waals surface area contributed by atoms with Crippen LogP contribution < -0.4 is 10.1 Å². The summed E-state index contributed by atoms with van der Waals surface area (Å²) >= 11 is 9.63. The average molecular weight is 405 g/mol. The number of nitrogens with one attached hydrogen (secondary N) is 1. The van der Waals surface area contributed by atoms with Gasteiger partial charge < -0.3 is 10.1 Å². The van der Waals surface area contributed by atoms with Gasteiger partial charge in [0.05, 0.1) is 28.7 Å². The normalized spacial score (nSPS) is 15.5. The van der Waals surface area contributed by atoms with Crippen molar-refractivity contribution in [3.8, 4) is 16.9 Å². The topological polar surface area (TPSA) is 51.2 Å². The number of nitrogens with zero attached hydrogens (tertiary/aromatic N) is 1. The van der Waals surface area contributed by atoms with Crippen LogP contribution in [0.2, 0.25) is 5.02 Å². The zero-order valence-electron chi connectivity index (χ0n) is 14.1. The number of carbonyl (C=O) groups excluding carboxylic acids is 1. The molecule has 0 aliphatic carbocycles. The largest absolute Gasteiger partial charge is 0.486 e. The van der Waals surface area contributed by atoms with Crippen LogP contribution in [0, 0.1) is 6.92 Å². The third kappa shape index (κ3) is 3.77. The summed E-state index contributed by atoms with van der Waals surface area (Å²) in [6, 6.07) is 6.15. The maximum absolute atomic E-state index is 12.1. The van der Waals surface area contributed by atoms with E-state index in [0.29, 0.717) is 18.0 Å². The van der Waals surface area contributed by atoms with E-state index < -0.39 is 0 Å². The molecule has 3 aromatic rings. The number of carbonyl (C=O) groups is 1. The van der Waals surface area contributed by atoms with E-state index in [1.54, 1.807) is 22.7 Å². The Morgan fingerprint density at radius 2 is 2.27 bits per heavy atom. The van der Waals surface area contributed by atoms with Crippen LogP contribution in [0.5, 0.6) is 5.75 Å². The molecule has 1 atom stereocenters. The molecular weight excluding hydrogens is 388 g/mol. The van der Waals surface area contributed by atoms with Crippen molar-refractivity contribution in [2.75, 3.05) is 6.54 Å². The first-order valence-corrected chi connectivity index (χ1v) is 10.5. The first kappa shape index (κ1) is 17.5. The van der Waals surface area contributed by atoms with Gasteiger partial charge in [0, 0.05) is 17.4 Å². The number of thiophene rings is 1. The number of benzene rings is 1. The maximum Gasteiger partial charge on any atom is 0.226 e. The third-order valence-electron chi connectivity index (χ3n) is 4.24. The summed E-state index contributed by atoms with van der Waals surface area (Å²) in [5.41, 5.74) is 4.16. The van der Waals surface area contributed by atoms with Gasteiger partial charge in [0.1, 0.15) is 11.9 Å². The van der Waals surface area contributed by atoms with Crippen molar-refractivity contribution in [2.45, 2.75) is 25.9 Å². The molecule has 0 fully saturated rings. The molecule has 0 spiro atoms. The number of fused-ring (bicyclic) bond motifs is 1. The molecule has 0 bridgehead atoms. The quantitative estimate of drug-likeness (QED) is 0.681. The lowest BCUT2D eigenvalue weighted by Crippen LogP contribution is -2.35. The van der Waals surface area contributed by atoms with Crippen LogP contribution in [0.4, 0.5) is 0 Å². The highest BCUT2D eigenvalue weighted by atomic mass is 35.5. The summed E-state index contributed by atoms with van der Waals surface area (Å²) in [6.07, 6.45) is 0.942. The Bertz CT molecular complexity index is 937. The minimum atomic E-state index is -0.0960. The number of aryl methyl sites for hydroxylation is 1. The van der Waals surface area contributed by atoms with Crippen LogP contribution >= 0.6 is 34.3 Å². The summed E-state index contributed by atoms with van der Waals surface area (Å²) in [4.78, 5) is 16.4. The van der Waals surface area contributed by atoms with E-state index in [1.807, 2.05) is 18.4 Å². The lowest BCUT2D eigenvalue weighted by Gasteiger charge is -2.12. The highest BCUT2D eigenvalue weighted by Crippen LogP contribution is 2.39. The minimum Gasteiger partial charge on any atom is -0.486 e. The lowest BCUT2D eigenvalue weighted by molar-refractivity contribution is -0.120. The number of rotatable bonds is 5. The number of halogens is 1. The average Bonchev–Trinajstić information content (AvgIpc) is 3.33. The molecule has 1 N–H and O–H groups in total. The van der Waals surface area contributed by atoms with Crippen LogP contribution in [-0.2, 0) is 17.6 Å². The molecule has 1 unspecified atom stereocenters. The van der Waals surface area contributed by atoms with Crippen molar-refractivity contribution >= 4 is 40.2 Å². The molecule has 1 aliphatic rings. The van der Waals surface area contributed by atoms with E-state index in [0.717, 1.165) is 39.6 Å². The van der Waals surface area contributed by atoms with E-state index in [4.69, 9.17) is 16.3 Å². The summed E-state index contributed by atoms with van der Waals surface area (Å²) < 4.78 is 5.96. The molecule has 4 nitrogen and oxygen atoms in total. The van der Waals surface area contributed by atoms with Gasteiger partial charge in [0.25, 0.3) is 0 Å². The highest BCUT2D eigenvalue weighted by Gasteiger charge is 2.26. The fourth-order valence-corrected chi connectivity index (χ4v) is 4.60. The molecule has 26 heavy (non-hydrogen) atoms. The Hall–Kier alpha value is -1.89. The molecule has 3 heterocycles. The predicted octanol–water partition coefficient (Wildman–Crippen LogP) is 4.50. The summed E-state index contributed by atoms with van der Waals surface area (Å²) in [5, 5.41) is 10.6. The van der Waals surface area contributed by atoms with Gasteiger partial charge in [-0.15, -0.1) is 11.3 Å². The van der Waals surface area contributed by atoms with E-state index in [9.17, 15) is 4.79 Å². The predicted molar refractivity (Wildman–Crippen MR) is 106 cm³/mol. The number of thiazole rings is 1. The van der Waals surface area contributed by atoms with Gasteiger partial charge >= 0.3 is 0 Å². The molecule has 0 saturated carbocycles. The molecule has 7 heteroatoms. The van der Waals surface area contributed by atoms with E-state index in [1.165, 1.54) is 0 Å². The number of aromatic nitrogens is 1. The SMILES string of the molecule is Cc1nc(CC(=O)NCC2Cc3cc(-c4ccsc4)cc(Cl)c3O2)cs1. The van der Waals surface area contributed by atoms with Gasteiger partial charge in [-0.05, 0) is 47.0 Å². The molecule has 1 aliphatic heterocycles. The molecule has 0 saturated heterocycles. The highest BCUT2D eigenvalue weighted by molar-refractivity contribution is 7.09. The van der Waals surface area contributed by atoms with Crippen molar-refractivity contribution in [2.24, 2.45) is 0 Å². The fraction of sp³-hybridized carbons (Fsp3) is 0.263. The van der Waals surface area contributed by atoms with Gasteiger partial charge in [0.15, 0.2) is 0 Å². The molecule has 2 aromatic heterocycles. The Kier molecular flexibility index (Phi) is 4.98. The van der Waals surface area contributed by atoms with Crippen molar-refractivity contribution in [3.63, 3.8) is 0 Å². The van der Waals surface area contributed by atoms with Crippen molar-refractivity contribution in [1.82, 2.24) is 10.3 Å². The van der Waals surface area contributed by atoms with Crippen LogP contribution in [0.3, 0.4) is 0 Å². The van der Waals surface area contributed by atoms with E-state index in [2.05, 4.69) is 33.2 Å². The number of amides is 1. The summed E-state index contributed by atoms with van der Waals surface area (Å²) in [5.74, 6) is 0.694. The summed E-state index contributed by atoms with van der Waals surface area (Å²) in [6.45, 7) is 2.39. The fourth-order valence-electron chi connectivity index (χ4n) is 3.04.